The van der Waals surface area contributed by atoms with E-state index in [-0.39, 0.29) is 17.5 Å². The van der Waals surface area contributed by atoms with E-state index in [1.165, 1.54) is 24.3 Å². The van der Waals surface area contributed by atoms with Gasteiger partial charge in [0.2, 0.25) is 0 Å². The van der Waals surface area contributed by atoms with E-state index in [1.807, 2.05) is 12.2 Å². The van der Waals surface area contributed by atoms with Crippen LogP contribution in [0, 0.1) is 5.92 Å². The van der Waals surface area contributed by atoms with Gasteiger partial charge in [-0.25, -0.2) is 0 Å². The van der Waals surface area contributed by atoms with Crippen LogP contribution in [0.25, 0.3) is 0 Å². The largest absolute Gasteiger partial charge is 0.452 e. The minimum absolute atomic E-state index is 0.192. The molecule has 0 bridgehead atoms. The Balaban J connectivity index is 1.91. The van der Waals surface area contributed by atoms with Gasteiger partial charge in [0.1, 0.15) is 5.00 Å². The van der Waals surface area contributed by atoms with Gasteiger partial charge in [0.25, 0.3) is 11.8 Å². The highest BCUT2D eigenvalue weighted by Crippen LogP contribution is 2.24. The zero-order valence-electron chi connectivity index (χ0n) is 12.2. The van der Waals surface area contributed by atoms with E-state index in [2.05, 4.69) is 5.32 Å². The molecule has 0 aliphatic heterocycles. The average Bonchev–Trinajstić information content (AvgIpc) is 2.96. The van der Waals surface area contributed by atoms with Crippen LogP contribution in [-0.2, 0) is 14.3 Å². The lowest BCUT2D eigenvalue weighted by atomic mass is 9.95. The number of amides is 2. The third kappa shape index (κ3) is 3.94. The van der Waals surface area contributed by atoms with Gasteiger partial charge in [0.15, 0.2) is 6.10 Å². The molecule has 1 heterocycles. The molecule has 3 N–H and O–H groups in total. The lowest BCUT2D eigenvalue weighted by Crippen LogP contribution is -2.32. The molecule has 1 aromatic rings. The molecule has 0 aromatic carbocycles. The molecule has 0 saturated carbocycles. The van der Waals surface area contributed by atoms with Crippen LogP contribution in [0.15, 0.2) is 23.6 Å². The van der Waals surface area contributed by atoms with Crippen molar-refractivity contribution < 1.29 is 19.1 Å². The Hall–Kier alpha value is -2.15. The first-order chi connectivity index (χ1) is 10.5. The summed E-state index contributed by atoms with van der Waals surface area (Å²) in [6.07, 6.45) is 5.27. The van der Waals surface area contributed by atoms with E-state index < -0.39 is 17.9 Å². The van der Waals surface area contributed by atoms with E-state index in [1.54, 1.807) is 5.38 Å². The number of thiophene rings is 1. The number of ether oxygens (including phenoxy) is 1. The molecule has 0 spiro atoms. The zero-order chi connectivity index (χ0) is 16.1. The van der Waals surface area contributed by atoms with Crippen LogP contribution in [0.3, 0.4) is 0 Å². The standard InChI is InChI=1S/C15H18N2O4S/c1-9(21-15(20)10-5-3-2-4-6-10)13(19)17-14-11(12(16)18)7-8-22-14/h2-3,7-10H,4-6H2,1H3,(H2,16,18)(H,17,19)/t9-,10+/m1/s1. The Morgan fingerprint density at radius 3 is 2.82 bits per heavy atom. The summed E-state index contributed by atoms with van der Waals surface area (Å²) in [5.41, 5.74) is 5.46. The third-order valence-electron chi connectivity index (χ3n) is 3.43. The molecule has 2 atom stereocenters. The number of allylic oxidation sites excluding steroid dienone is 2. The number of rotatable bonds is 5. The van der Waals surface area contributed by atoms with E-state index >= 15 is 0 Å². The molecule has 7 heteroatoms. The highest BCUT2D eigenvalue weighted by Gasteiger charge is 2.25. The number of carbonyl (C=O) groups is 3. The molecule has 0 unspecified atom stereocenters. The highest BCUT2D eigenvalue weighted by molar-refractivity contribution is 7.14. The molecule has 0 fully saturated rings. The van der Waals surface area contributed by atoms with Crippen molar-refractivity contribution in [2.45, 2.75) is 32.3 Å². The van der Waals surface area contributed by atoms with Gasteiger partial charge in [0, 0.05) is 0 Å². The number of esters is 1. The zero-order valence-corrected chi connectivity index (χ0v) is 13.0. The first-order valence-electron chi connectivity index (χ1n) is 7.02. The number of primary amides is 1. The molecule has 1 aromatic heterocycles. The number of hydrogen-bond donors (Lipinski definition) is 2. The van der Waals surface area contributed by atoms with Crippen molar-refractivity contribution in [3.8, 4) is 0 Å². The van der Waals surface area contributed by atoms with Gasteiger partial charge in [-0.15, -0.1) is 11.3 Å². The molecule has 0 saturated heterocycles. The van der Waals surface area contributed by atoms with Crippen LogP contribution >= 0.6 is 11.3 Å². The molecule has 1 aliphatic rings. The molecule has 118 valence electrons. The van der Waals surface area contributed by atoms with E-state index in [9.17, 15) is 14.4 Å². The van der Waals surface area contributed by atoms with E-state index in [4.69, 9.17) is 10.5 Å². The fourth-order valence-electron chi connectivity index (χ4n) is 2.15. The van der Waals surface area contributed by atoms with Crippen LogP contribution < -0.4 is 11.1 Å². The first-order valence-corrected chi connectivity index (χ1v) is 7.90. The fourth-order valence-corrected chi connectivity index (χ4v) is 2.94. The lowest BCUT2D eigenvalue weighted by molar-refractivity contribution is -0.157. The second-order valence-electron chi connectivity index (χ2n) is 5.08. The van der Waals surface area contributed by atoms with Gasteiger partial charge >= 0.3 is 5.97 Å². The predicted molar refractivity (Wildman–Crippen MR) is 83.5 cm³/mol. The smallest absolute Gasteiger partial charge is 0.310 e. The van der Waals surface area contributed by atoms with Crippen molar-refractivity contribution in [2.75, 3.05) is 5.32 Å². The Morgan fingerprint density at radius 2 is 2.18 bits per heavy atom. The summed E-state index contributed by atoms with van der Waals surface area (Å²) in [5.74, 6) is -1.66. The second-order valence-corrected chi connectivity index (χ2v) is 5.99. The van der Waals surface area contributed by atoms with Gasteiger partial charge in [0.05, 0.1) is 11.5 Å². The van der Waals surface area contributed by atoms with Crippen LogP contribution in [0.2, 0.25) is 0 Å². The first kappa shape index (κ1) is 16.2. The average molecular weight is 322 g/mol. The van der Waals surface area contributed by atoms with Crippen LogP contribution in [0.5, 0.6) is 0 Å². The monoisotopic (exact) mass is 322 g/mol. The maximum absolute atomic E-state index is 12.1. The maximum Gasteiger partial charge on any atom is 0.310 e. The summed E-state index contributed by atoms with van der Waals surface area (Å²) in [5, 5.41) is 4.58. The second kappa shape index (κ2) is 7.22. The number of hydrogen-bond acceptors (Lipinski definition) is 5. The van der Waals surface area contributed by atoms with Crippen molar-refractivity contribution in [2.24, 2.45) is 11.7 Å². The summed E-state index contributed by atoms with van der Waals surface area (Å²) < 4.78 is 5.20. The summed E-state index contributed by atoms with van der Waals surface area (Å²) in [7, 11) is 0. The van der Waals surface area contributed by atoms with Crippen molar-refractivity contribution >= 4 is 34.1 Å². The third-order valence-corrected chi connectivity index (χ3v) is 4.26. The number of carbonyl (C=O) groups excluding carboxylic acids is 3. The van der Waals surface area contributed by atoms with Gasteiger partial charge in [-0.05, 0) is 37.6 Å². The molecule has 1 aliphatic carbocycles. The minimum Gasteiger partial charge on any atom is -0.452 e. The highest BCUT2D eigenvalue weighted by atomic mass is 32.1. The van der Waals surface area contributed by atoms with Crippen molar-refractivity contribution in [3.63, 3.8) is 0 Å². The van der Waals surface area contributed by atoms with Crippen molar-refractivity contribution in [1.82, 2.24) is 0 Å². The molecule has 0 radical (unpaired) electrons. The number of nitrogens with two attached hydrogens (primary N) is 1. The van der Waals surface area contributed by atoms with Gasteiger partial charge in [-0.3, -0.25) is 14.4 Å². The van der Waals surface area contributed by atoms with Gasteiger partial charge < -0.3 is 15.8 Å². The Labute approximate surface area is 132 Å². The van der Waals surface area contributed by atoms with Crippen molar-refractivity contribution in [1.29, 1.82) is 0 Å². The number of anilines is 1. The van der Waals surface area contributed by atoms with Crippen LogP contribution in [0.4, 0.5) is 5.00 Å². The maximum atomic E-state index is 12.1. The predicted octanol–water partition coefficient (Wildman–Crippen LogP) is 2.07. The quantitative estimate of drug-likeness (QED) is 0.640. The van der Waals surface area contributed by atoms with Gasteiger partial charge in [-0.1, -0.05) is 12.2 Å². The topological polar surface area (TPSA) is 98.5 Å². The minimum atomic E-state index is -0.929. The van der Waals surface area contributed by atoms with Crippen LogP contribution in [-0.4, -0.2) is 23.9 Å². The molecular formula is C15H18N2O4S. The Morgan fingerprint density at radius 1 is 1.41 bits per heavy atom. The van der Waals surface area contributed by atoms with E-state index in [0.717, 1.165) is 12.8 Å². The SMILES string of the molecule is C[C@@H](OC(=O)[C@H]1CC=CCC1)C(=O)Nc1sccc1C(N)=O. The molecular weight excluding hydrogens is 304 g/mol. The number of nitrogens with one attached hydrogen (secondary N) is 1. The van der Waals surface area contributed by atoms with Gasteiger partial charge in [-0.2, -0.15) is 0 Å². The molecule has 2 amide bonds. The molecule has 6 nitrogen and oxygen atoms in total. The molecule has 22 heavy (non-hydrogen) atoms. The fraction of sp³-hybridized carbons (Fsp3) is 0.400. The summed E-state index contributed by atoms with van der Waals surface area (Å²) in [6.45, 7) is 1.50. The Kier molecular flexibility index (Phi) is 5.32. The summed E-state index contributed by atoms with van der Waals surface area (Å²) >= 11 is 1.19. The van der Waals surface area contributed by atoms with Crippen molar-refractivity contribution in [3.05, 3.63) is 29.2 Å². The normalized spacial score (nSPS) is 18.5. The van der Waals surface area contributed by atoms with E-state index in [0.29, 0.717) is 11.4 Å². The summed E-state index contributed by atoms with van der Waals surface area (Å²) in [6, 6.07) is 1.54. The van der Waals surface area contributed by atoms with Crippen LogP contribution in [0.1, 0.15) is 36.5 Å². The lowest BCUT2D eigenvalue weighted by Gasteiger charge is -2.19. The summed E-state index contributed by atoms with van der Waals surface area (Å²) in [4.78, 5) is 35.2. The molecule has 2 rings (SSSR count). The Bertz CT molecular complexity index is 608.